The highest BCUT2D eigenvalue weighted by Gasteiger charge is 2.44. The third-order valence-corrected chi connectivity index (χ3v) is 3.84. The molecule has 5 nitrogen and oxygen atoms in total. The van der Waals surface area contributed by atoms with Crippen molar-refractivity contribution >= 4 is 11.9 Å². The molecule has 17 heavy (non-hydrogen) atoms. The Morgan fingerprint density at radius 3 is 2.12 bits per heavy atom. The van der Waals surface area contributed by atoms with Gasteiger partial charge in [-0.2, -0.15) is 0 Å². The Morgan fingerprint density at radius 2 is 1.71 bits per heavy atom. The second-order valence-electron chi connectivity index (χ2n) is 5.45. The zero-order chi connectivity index (χ0) is 13.3. The molecule has 1 aliphatic carbocycles. The quantitative estimate of drug-likeness (QED) is 0.772. The summed E-state index contributed by atoms with van der Waals surface area (Å²) in [6.45, 7) is 3.03. The molecule has 0 aliphatic heterocycles. The van der Waals surface area contributed by atoms with Crippen molar-refractivity contribution in [3.8, 4) is 0 Å². The number of amides is 1. The van der Waals surface area contributed by atoms with E-state index in [4.69, 9.17) is 10.8 Å². The lowest BCUT2D eigenvalue weighted by molar-refractivity contribution is -0.158. The van der Waals surface area contributed by atoms with Gasteiger partial charge < -0.3 is 15.7 Å². The average molecular weight is 242 g/mol. The summed E-state index contributed by atoms with van der Waals surface area (Å²) in [5.41, 5.74) is 4.02. The van der Waals surface area contributed by atoms with Crippen LogP contribution >= 0.6 is 0 Å². The van der Waals surface area contributed by atoms with E-state index in [9.17, 15) is 9.59 Å². The molecule has 3 N–H and O–H groups in total. The molecule has 1 fully saturated rings. The molecule has 1 aliphatic rings. The molecule has 5 heteroatoms. The number of aliphatic carboxylic acids is 1. The molecule has 0 unspecified atom stereocenters. The normalized spacial score (nSPS) is 19.8. The molecule has 0 saturated heterocycles. The van der Waals surface area contributed by atoms with E-state index < -0.39 is 17.0 Å². The Kier molecular flexibility index (Phi) is 3.81. The van der Waals surface area contributed by atoms with Crippen molar-refractivity contribution in [3.05, 3.63) is 0 Å². The fourth-order valence-corrected chi connectivity index (χ4v) is 2.13. The van der Waals surface area contributed by atoms with Gasteiger partial charge in [0, 0.05) is 7.05 Å². The van der Waals surface area contributed by atoms with Gasteiger partial charge in [-0.15, -0.1) is 0 Å². The van der Waals surface area contributed by atoms with E-state index in [-0.39, 0.29) is 5.91 Å². The Balaban J connectivity index is 2.85. The first-order chi connectivity index (χ1) is 7.72. The predicted molar refractivity (Wildman–Crippen MR) is 64.5 cm³/mol. The monoisotopic (exact) mass is 242 g/mol. The van der Waals surface area contributed by atoms with Crippen LogP contribution in [0.5, 0.6) is 0 Å². The summed E-state index contributed by atoms with van der Waals surface area (Å²) >= 11 is 0. The fourth-order valence-electron chi connectivity index (χ4n) is 2.13. The van der Waals surface area contributed by atoms with Gasteiger partial charge in [0.15, 0.2) is 0 Å². The summed E-state index contributed by atoms with van der Waals surface area (Å²) < 4.78 is 0. The number of rotatable bonds is 3. The summed E-state index contributed by atoms with van der Waals surface area (Å²) in [6.07, 6.45) is 4.25. The highest BCUT2D eigenvalue weighted by Crippen LogP contribution is 2.29. The minimum absolute atomic E-state index is 0.260. The van der Waals surface area contributed by atoms with Crippen LogP contribution in [0.15, 0.2) is 0 Å². The van der Waals surface area contributed by atoms with Gasteiger partial charge >= 0.3 is 5.97 Å². The molecule has 0 aromatic rings. The minimum atomic E-state index is -1.22. The van der Waals surface area contributed by atoms with Crippen molar-refractivity contribution in [2.24, 2.45) is 5.73 Å². The lowest BCUT2D eigenvalue weighted by Crippen LogP contribution is -2.61. The van der Waals surface area contributed by atoms with Crippen LogP contribution in [0.4, 0.5) is 0 Å². The molecule has 0 atom stereocenters. The zero-order valence-electron chi connectivity index (χ0n) is 10.8. The number of carbonyl (C=O) groups is 2. The topological polar surface area (TPSA) is 83.6 Å². The van der Waals surface area contributed by atoms with Crippen LogP contribution in [-0.2, 0) is 9.59 Å². The molecule has 1 rings (SSSR count). The van der Waals surface area contributed by atoms with Crippen molar-refractivity contribution in [1.82, 2.24) is 4.90 Å². The summed E-state index contributed by atoms with van der Waals surface area (Å²) in [6, 6.07) is 0. The SMILES string of the molecule is CN(C(=O)C1(N)CCCCC1)C(C)(C)C(=O)O. The molecule has 98 valence electrons. The van der Waals surface area contributed by atoms with Crippen LogP contribution in [-0.4, -0.2) is 40.0 Å². The van der Waals surface area contributed by atoms with E-state index in [1.54, 1.807) is 0 Å². The zero-order valence-corrected chi connectivity index (χ0v) is 10.8. The van der Waals surface area contributed by atoms with Crippen molar-refractivity contribution in [3.63, 3.8) is 0 Å². The molecule has 0 radical (unpaired) electrons. The van der Waals surface area contributed by atoms with Gasteiger partial charge in [-0.3, -0.25) is 4.79 Å². The molecule has 0 aromatic carbocycles. The average Bonchev–Trinajstić information content (AvgIpc) is 2.27. The smallest absolute Gasteiger partial charge is 0.329 e. The molecule has 0 heterocycles. The summed E-state index contributed by atoms with van der Waals surface area (Å²) in [5.74, 6) is -1.28. The number of likely N-dealkylation sites (N-methyl/N-ethyl adjacent to an activating group) is 1. The number of nitrogens with zero attached hydrogens (tertiary/aromatic N) is 1. The van der Waals surface area contributed by atoms with Crippen molar-refractivity contribution in [2.75, 3.05) is 7.05 Å². The van der Waals surface area contributed by atoms with Crippen LogP contribution in [0, 0.1) is 0 Å². The number of hydrogen-bond donors (Lipinski definition) is 2. The van der Waals surface area contributed by atoms with Gasteiger partial charge in [0.2, 0.25) is 5.91 Å². The maximum atomic E-state index is 12.3. The van der Waals surface area contributed by atoms with Gasteiger partial charge in [0.25, 0.3) is 0 Å². The van der Waals surface area contributed by atoms with Gasteiger partial charge in [-0.25, -0.2) is 4.79 Å². The Labute approximate surface area is 102 Å². The second kappa shape index (κ2) is 4.64. The molecule has 1 amide bonds. The van der Waals surface area contributed by atoms with Crippen LogP contribution in [0.25, 0.3) is 0 Å². The number of carboxylic acids is 1. The number of hydrogen-bond acceptors (Lipinski definition) is 3. The lowest BCUT2D eigenvalue weighted by atomic mass is 9.80. The van der Waals surface area contributed by atoms with E-state index in [2.05, 4.69) is 0 Å². The fraction of sp³-hybridized carbons (Fsp3) is 0.833. The Bertz CT molecular complexity index is 320. The molecule has 0 bridgehead atoms. The molecular formula is C12H22N2O3. The van der Waals surface area contributed by atoms with Crippen LogP contribution < -0.4 is 5.73 Å². The first-order valence-electron chi connectivity index (χ1n) is 6.02. The molecule has 0 aromatic heterocycles. The third kappa shape index (κ3) is 2.60. The van der Waals surface area contributed by atoms with E-state index >= 15 is 0 Å². The van der Waals surface area contributed by atoms with E-state index in [0.717, 1.165) is 19.3 Å². The van der Waals surface area contributed by atoms with Crippen molar-refractivity contribution < 1.29 is 14.7 Å². The molecule has 0 spiro atoms. The summed E-state index contributed by atoms with van der Waals surface area (Å²) in [5, 5.41) is 9.11. The first kappa shape index (κ1) is 14.0. The maximum Gasteiger partial charge on any atom is 0.329 e. The van der Waals surface area contributed by atoms with E-state index in [1.807, 2.05) is 0 Å². The standard InChI is InChI=1S/C12H22N2O3/c1-11(2,10(16)17)14(3)9(15)12(13)7-5-4-6-8-12/h4-8,13H2,1-3H3,(H,16,17). The molecule has 1 saturated carbocycles. The predicted octanol–water partition coefficient (Wildman–Crippen LogP) is 0.970. The number of carbonyl (C=O) groups excluding carboxylic acids is 1. The summed E-state index contributed by atoms with van der Waals surface area (Å²) in [4.78, 5) is 24.7. The van der Waals surface area contributed by atoms with Crippen molar-refractivity contribution in [2.45, 2.75) is 57.0 Å². The third-order valence-electron chi connectivity index (χ3n) is 3.84. The van der Waals surface area contributed by atoms with Gasteiger partial charge in [0.1, 0.15) is 5.54 Å². The number of nitrogens with two attached hydrogens (primary N) is 1. The van der Waals surface area contributed by atoms with Gasteiger partial charge in [-0.1, -0.05) is 19.3 Å². The Hall–Kier alpha value is -1.10. The lowest BCUT2D eigenvalue weighted by Gasteiger charge is -2.40. The maximum absolute atomic E-state index is 12.3. The Morgan fingerprint density at radius 1 is 1.24 bits per heavy atom. The molecular weight excluding hydrogens is 220 g/mol. The second-order valence-corrected chi connectivity index (χ2v) is 5.45. The highest BCUT2D eigenvalue weighted by atomic mass is 16.4. The van der Waals surface area contributed by atoms with Crippen LogP contribution in [0.2, 0.25) is 0 Å². The van der Waals surface area contributed by atoms with Gasteiger partial charge in [0.05, 0.1) is 5.54 Å². The van der Waals surface area contributed by atoms with E-state index in [0.29, 0.717) is 12.8 Å². The van der Waals surface area contributed by atoms with E-state index in [1.165, 1.54) is 25.8 Å². The highest BCUT2D eigenvalue weighted by molar-refractivity contribution is 5.91. The number of carboxylic acid groups (broad SMARTS) is 1. The summed E-state index contributed by atoms with van der Waals surface area (Å²) in [7, 11) is 1.51. The van der Waals surface area contributed by atoms with Gasteiger partial charge in [-0.05, 0) is 26.7 Å². The largest absolute Gasteiger partial charge is 0.480 e. The van der Waals surface area contributed by atoms with Crippen LogP contribution in [0.1, 0.15) is 46.0 Å². The first-order valence-corrected chi connectivity index (χ1v) is 6.02. The minimum Gasteiger partial charge on any atom is -0.480 e. The van der Waals surface area contributed by atoms with Crippen LogP contribution in [0.3, 0.4) is 0 Å². The van der Waals surface area contributed by atoms with Crippen molar-refractivity contribution in [1.29, 1.82) is 0 Å².